The lowest BCUT2D eigenvalue weighted by Gasteiger charge is -2.19. The maximum atomic E-state index is 12.8. The van der Waals surface area contributed by atoms with Crippen molar-refractivity contribution in [2.24, 2.45) is 0 Å². The third-order valence-corrected chi connectivity index (χ3v) is 5.20. The van der Waals surface area contributed by atoms with Gasteiger partial charge in [-0.2, -0.15) is 0 Å². The Labute approximate surface area is 169 Å². The van der Waals surface area contributed by atoms with E-state index in [0.29, 0.717) is 23.3 Å². The van der Waals surface area contributed by atoms with E-state index in [1.54, 1.807) is 6.07 Å². The van der Waals surface area contributed by atoms with E-state index in [-0.39, 0.29) is 5.75 Å². The van der Waals surface area contributed by atoms with Gasteiger partial charge in [-0.05, 0) is 42.8 Å². The van der Waals surface area contributed by atoms with Gasteiger partial charge in [0.2, 0.25) is 0 Å². The number of phenolic OH excluding ortho intramolecular Hbond substituents is 1. The quantitative estimate of drug-likeness (QED) is 0.485. The molecule has 0 radical (unpaired) electrons. The van der Waals surface area contributed by atoms with Crippen LogP contribution in [-0.4, -0.2) is 17.1 Å². The summed E-state index contributed by atoms with van der Waals surface area (Å²) >= 11 is 0. The third-order valence-electron chi connectivity index (χ3n) is 5.20. The van der Waals surface area contributed by atoms with E-state index in [4.69, 9.17) is 4.42 Å². The molecule has 4 aromatic rings. The van der Waals surface area contributed by atoms with Crippen molar-refractivity contribution in [2.75, 3.05) is 7.05 Å². The molecule has 0 saturated heterocycles. The molecule has 0 spiro atoms. The molecule has 0 fully saturated rings. The lowest BCUT2D eigenvalue weighted by molar-refractivity contribution is 0.312. The van der Waals surface area contributed by atoms with Crippen LogP contribution in [-0.2, 0) is 13.1 Å². The van der Waals surface area contributed by atoms with Crippen molar-refractivity contribution in [3.05, 3.63) is 99.9 Å². The summed E-state index contributed by atoms with van der Waals surface area (Å²) in [6.45, 7) is 3.11. The van der Waals surface area contributed by atoms with E-state index in [1.807, 2.05) is 68.6 Å². The summed E-state index contributed by atoms with van der Waals surface area (Å²) in [5, 5.41) is 11.3. The van der Waals surface area contributed by atoms with Gasteiger partial charge in [0.25, 0.3) is 0 Å². The number of hydrogen-bond acceptors (Lipinski definition) is 4. The molecule has 0 saturated carbocycles. The zero-order valence-electron chi connectivity index (χ0n) is 16.6. The third kappa shape index (κ3) is 3.80. The Kier molecular flexibility index (Phi) is 5.19. The van der Waals surface area contributed by atoms with Crippen molar-refractivity contribution in [3.63, 3.8) is 0 Å². The smallest absolute Gasteiger partial charge is 0.344 e. The molecule has 1 N–H and O–H groups in total. The van der Waals surface area contributed by atoms with Crippen LogP contribution in [0, 0.1) is 6.92 Å². The first kappa shape index (κ1) is 19.0. The van der Waals surface area contributed by atoms with Gasteiger partial charge in [0, 0.05) is 18.5 Å². The van der Waals surface area contributed by atoms with Crippen molar-refractivity contribution >= 4 is 11.0 Å². The van der Waals surface area contributed by atoms with Crippen LogP contribution in [0.15, 0.2) is 82.0 Å². The second-order valence-electron chi connectivity index (χ2n) is 7.35. The molecule has 0 aliphatic heterocycles. The summed E-state index contributed by atoms with van der Waals surface area (Å²) < 4.78 is 5.75. The fourth-order valence-corrected chi connectivity index (χ4v) is 3.77. The average Bonchev–Trinajstić information content (AvgIpc) is 2.72. The summed E-state index contributed by atoms with van der Waals surface area (Å²) in [5.74, 6) is 0.132. The Hall–Kier alpha value is -3.37. The highest BCUT2D eigenvalue weighted by Gasteiger charge is 2.18. The van der Waals surface area contributed by atoms with E-state index in [1.165, 1.54) is 5.56 Å². The van der Waals surface area contributed by atoms with Crippen molar-refractivity contribution < 1.29 is 9.52 Å². The molecule has 4 rings (SSSR count). The number of hydrogen-bond donors (Lipinski definition) is 1. The van der Waals surface area contributed by atoms with Crippen LogP contribution in [0.4, 0.5) is 0 Å². The molecule has 3 aromatic carbocycles. The van der Waals surface area contributed by atoms with Crippen LogP contribution in [0.3, 0.4) is 0 Å². The molecule has 1 heterocycles. The number of fused-ring (bicyclic) bond motifs is 1. The van der Waals surface area contributed by atoms with Crippen molar-refractivity contribution in [1.29, 1.82) is 0 Å². The molecule has 0 amide bonds. The monoisotopic (exact) mass is 385 g/mol. The van der Waals surface area contributed by atoms with Gasteiger partial charge >= 0.3 is 5.63 Å². The molecule has 0 atom stereocenters. The Morgan fingerprint density at radius 2 is 1.55 bits per heavy atom. The summed E-state index contributed by atoms with van der Waals surface area (Å²) in [6, 6.07) is 23.1. The zero-order valence-corrected chi connectivity index (χ0v) is 16.6. The molecule has 4 heteroatoms. The first-order valence-electron chi connectivity index (χ1n) is 9.60. The Morgan fingerprint density at radius 3 is 2.24 bits per heavy atom. The number of nitrogens with zero attached hydrogens (tertiary/aromatic N) is 1. The Morgan fingerprint density at radius 1 is 0.897 bits per heavy atom. The van der Waals surface area contributed by atoms with Gasteiger partial charge in [-0.25, -0.2) is 4.79 Å². The highest BCUT2D eigenvalue weighted by atomic mass is 16.4. The summed E-state index contributed by atoms with van der Waals surface area (Å²) in [4.78, 5) is 14.9. The van der Waals surface area contributed by atoms with Crippen LogP contribution in [0.25, 0.3) is 22.1 Å². The number of aryl methyl sites for hydroxylation is 1. The predicted octanol–water partition coefficient (Wildman–Crippen LogP) is 5.11. The zero-order chi connectivity index (χ0) is 20.4. The fraction of sp³-hybridized carbons (Fsp3) is 0.160. The predicted molar refractivity (Wildman–Crippen MR) is 116 cm³/mol. The van der Waals surface area contributed by atoms with Gasteiger partial charge in [-0.3, -0.25) is 4.90 Å². The minimum atomic E-state index is -0.390. The van der Waals surface area contributed by atoms with Crippen molar-refractivity contribution in [3.8, 4) is 16.9 Å². The Balaban J connectivity index is 1.77. The summed E-state index contributed by atoms with van der Waals surface area (Å²) in [6.07, 6.45) is 0. The molecular weight excluding hydrogens is 362 g/mol. The van der Waals surface area contributed by atoms with Gasteiger partial charge in [0.15, 0.2) is 0 Å². The lowest BCUT2D eigenvalue weighted by atomic mass is 9.98. The van der Waals surface area contributed by atoms with Gasteiger partial charge in [0.1, 0.15) is 11.3 Å². The minimum Gasteiger partial charge on any atom is -0.507 e. The van der Waals surface area contributed by atoms with Crippen molar-refractivity contribution in [1.82, 2.24) is 4.90 Å². The first-order valence-corrected chi connectivity index (χ1v) is 9.60. The average molecular weight is 385 g/mol. The van der Waals surface area contributed by atoms with E-state index in [9.17, 15) is 9.90 Å². The van der Waals surface area contributed by atoms with E-state index >= 15 is 0 Å². The maximum Gasteiger partial charge on any atom is 0.344 e. The van der Waals surface area contributed by atoms with Crippen LogP contribution < -0.4 is 5.63 Å². The standard InChI is InChI=1S/C25H23NO3/c1-17-20-13-14-22(27)21(16-26(2)15-18-9-5-3-6-10-18)24(20)29-25(28)23(17)19-11-7-4-8-12-19/h3-14,27H,15-16H2,1-2H3. The highest BCUT2D eigenvalue weighted by Crippen LogP contribution is 2.33. The number of rotatable bonds is 5. The second-order valence-corrected chi connectivity index (χ2v) is 7.35. The first-order chi connectivity index (χ1) is 14.0. The van der Waals surface area contributed by atoms with E-state index < -0.39 is 5.63 Å². The molecule has 146 valence electrons. The molecule has 0 unspecified atom stereocenters. The summed E-state index contributed by atoms with van der Waals surface area (Å²) in [5.41, 5.74) is 4.11. The summed E-state index contributed by atoms with van der Waals surface area (Å²) in [7, 11) is 1.98. The SMILES string of the molecule is Cc1c(-c2ccccc2)c(=O)oc2c(CN(C)Cc3ccccc3)c(O)ccc12. The minimum absolute atomic E-state index is 0.132. The van der Waals surface area contributed by atoms with Crippen LogP contribution in [0.5, 0.6) is 5.75 Å². The molecule has 0 aliphatic carbocycles. The number of benzene rings is 3. The van der Waals surface area contributed by atoms with Gasteiger partial charge < -0.3 is 9.52 Å². The molecule has 29 heavy (non-hydrogen) atoms. The molecule has 0 bridgehead atoms. The Bertz CT molecular complexity index is 1200. The lowest BCUT2D eigenvalue weighted by Crippen LogP contribution is -2.18. The second kappa shape index (κ2) is 7.94. The van der Waals surface area contributed by atoms with Crippen molar-refractivity contribution in [2.45, 2.75) is 20.0 Å². The van der Waals surface area contributed by atoms with E-state index in [2.05, 4.69) is 17.0 Å². The van der Waals surface area contributed by atoms with Crippen LogP contribution in [0.1, 0.15) is 16.7 Å². The number of aromatic hydroxyl groups is 1. The molecule has 1 aromatic heterocycles. The molecular formula is C25H23NO3. The molecule has 0 aliphatic rings. The fourth-order valence-electron chi connectivity index (χ4n) is 3.77. The van der Waals surface area contributed by atoms with Gasteiger partial charge in [-0.15, -0.1) is 0 Å². The van der Waals surface area contributed by atoms with Crippen LogP contribution >= 0.6 is 0 Å². The van der Waals surface area contributed by atoms with Crippen LogP contribution in [0.2, 0.25) is 0 Å². The maximum absolute atomic E-state index is 12.8. The number of phenols is 1. The normalized spacial score (nSPS) is 11.3. The highest BCUT2D eigenvalue weighted by molar-refractivity contribution is 5.89. The topological polar surface area (TPSA) is 53.7 Å². The largest absolute Gasteiger partial charge is 0.507 e. The van der Waals surface area contributed by atoms with E-state index in [0.717, 1.165) is 23.1 Å². The van der Waals surface area contributed by atoms with Gasteiger partial charge in [0.05, 0.1) is 11.1 Å². The van der Waals surface area contributed by atoms with Gasteiger partial charge in [-0.1, -0.05) is 60.7 Å². The molecule has 4 nitrogen and oxygen atoms in total.